The lowest BCUT2D eigenvalue weighted by Crippen LogP contribution is -2.37. The maximum Gasteiger partial charge on any atom is 0.191 e. The van der Waals surface area contributed by atoms with Crippen molar-refractivity contribution in [3.63, 3.8) is 0 Å². The molecule has 0 spiro atoms. The number of methoxy groups -OCH3 is 1. The largest absolute Gasteiger partial charge is 0.496 e. The molecule has 0 unspecified atom stereocenters. The van der Waals surface area contributed by atoms with Crippen molar-refractivity contribution in [3.8, 4) is 5.75 Å². The Kier molecular flexibility index (Phi) is 8.65. The average molecular weight is 370 g/mol. The zero-order chi connectivity index (χ0) is 19.5. The van der Waals surface area contributed by atoms with Crippen LogP contribution in [-0.2, 0) is 24.3 Å². The molecule has 0 aliphatic rings. The third-order valence-corrected chi connectivity index (χ3v) is 4.14. The van der Waals surface area contributed by atoms with E-state index in [0.717, 1.165) is 24.7 Å². The molecule has 0 saturated carbocycles. The molecule has 0 saturated heterocycles. The van der Waals surface area contributed by atoms with Gasteiger partial charge in [-0.3, -0.25) is 4.99 Å². The maximum absolute atomic E-state index is 5.68. The van der Waals surface area contributed by atoms with Gasteiger partial charge < -0.3 is 20.1 Å². The first-order valence-corrected chi connectivity index (χ1v) is 9.38. The Labute approximate surface area is 162 Å². The zero-order valence-corrected chi connectivity index (χ0v) is 16.8. The second kappa shape index (κ2) is 11.2. The number of guanidine groups is 1. The van der Waals surface area contributed by atoms with E-state index in [-0.39, 0.29) is 6.10 Å². The van der Waals surface area contributed by atoms with Crippen LogP contribution in [0.5, 0.6) is 5.75 Å². The highest BCUT2D eigenvalue weighted by Crippen LogP contribution is 2.17. The Balaban J connectivity index is 1.81. The van der Waals surface area contributed by atoms with Crippen LogP contribution in [0.4, 0.5) is 0 Å². The number of nitrogens with zero attached hydrogens (tertiary/aromatic N) is 1. The van der Waals surface area contributed by atoms with E-state index in [1.165, 1.54) is 16.7 Å². The molecule has 5 heteroatoms. The quantitative estimate of drug-likeness (QED) is 0.524. The van der Waals surface area contributed by atoms with Crippen LogP contribution in [0.15, 0.2) is 53.5 Å². The summed E-state index contributed by atoms with van der Waals surface area (Å²) < 4.78 is 11.1. The summed E-state index contributed by atoms with van der Waals surface area (Å²) >= 11 is 0. The fourth-order valence-electron chi connectivity index (χ4n) is 2.72. The van der Waals surface area contributed by atoms with Crippen LogP contribution in [0.2, 0.25) is 0 Å². The molecule has 0 amide bonds. The molecule has 27 heavy (non-hydrogen) atoms. The van der Waals surface area contributed by atoms with E-state index < -0.39 is 0 Å². The average Bonchev–Trinajstić information content (AvgIpc) is 2.69. The summed E-state index contributed by atoms with van der Waals surface area (Å²) in [4.78, 5) is 4.30. The third-order valence-electron chi connectivity index (χ3n) is 4.14. The molecular formula is C22H31N3O2. The highest BCUT2D eigenvalue weighted by molar-refractivity contribution is 5.79. The SMILES string of the molecule is CN=C(NCCc1ccccc1OC)NCc1cccc(COC(C)C)c1. The Bertz CT molecular complexity index is 729. The molecular weight excluding hydrogens is 338 g/mol. The maximum atomic E-state index is 5.68. The first-order valence-electron chi connectivity index (χ1n) is 9.38. The topological polar surface area (TPSA) is 54.9 Å². The summed E-state index contributed by atoms with van der Waals surface area (Å²) in [5.74, 6) is 1.71. The van der Waals surface area contributed by atoms with E-state index in [4.69, 9.17) is 9.47 Å². The van der Waals surface area contributed by atoms with E-state index >= 15 is 0 Å². The van der Waals surface area contributed by atoms with Crippen LogP contribution < -0.4 is 15.4 Å². The molecule has 0 aliphatic heterocycles. The van der Waals surface area contributed by atoms with E-state index in [1.54, 1.807) is 14.2 Å². The molecule has 0 aliphatic carbocycles. The monoisotopic (exact) mass is 369 g/mol. The molecule has 5 nitrogen and oxygen atoms in total. The normalized spacial score (nSPS) is 11.5. The molecule has 0 radical (unpaired) electrons. The highest BCUT2D eigenvalue weighted by atomic mass is 16.5. The summed E-state index contributed by atoms with van der Waals surface area (Å²) in [5.41, 5.74) is 3.57. The molecule has 2 rings (SSSR count). The molecule has 0 bridgehead atoms. The number of hydrogen-bond acceptors (Lipinski definition) is 3. The Hall–Kier alpha value is -2.53. The van der Waals surface area contributed by atoms with Crippen molar-refractivity contribution in [2.45, 2.75) is 39.5 Å². The van der Waals surface area contributed by atoms with Gasteiger partial charge in [-0.05, 0) is 43.0 Å². The zero-order valence-electron chi connectivity index (χ0n) is 16.8. The smallest absolute Gasteiger partial charge is 0.191 e. The number of benzene rings is 2. The molecule has 146 valence electrons. The first kappa shape index (κ1) is 20.8. The summed E-state index contributed by atoms with van der Waals surface area (Å²) in [7, 11) is 3.48. The number of ether oxygens (including phenoxy) is 2. The Morgan fingerprint density at radius 3 is 2.56 bits per heavy atom. The lowest BCUT2D eigenvalue weighted by atomic mass is 10.1. The number of rotatable bonds is 9. The van der Waals surface area contributed by atoms with Crippen LogP contribution in [0.25, 0.3) is 0 Å². The van der Waals surface area contributed by atoms with Gasteiger partial charge in [-0.2, -0.15) is 0 Å². The summed E-state index contributed by atoms with van der Waals surface area (Å²) in [6, 6.07) is 16.5. The second-order valence-electron chi connectivity index (χ2n) is 6.59. The highest BCUT2D eigenvalue weighted by Gasteiger charge is 2.04. The van der Waals surface area contributed by atoms with Gasteiger partial charge in [-0.25, -0.2) is 0 Å². The van der Waals surface area contributed by atoms with E-state index in [1.807, 2.05) is 32.0 Å². The second-order valence-corrected chi connectivity index (χ2v) is 6.59. The van der Waals surface area contributed by atoms with Gasteiger partial charge in [-0.1, -0.05) is 42.5 Å². The number of nitrogens with one attached hydrogen (secondary N) is 2. The fourth-order valence-corrected chi connectivity index (χ4v) is 2.72. The lowest BCUT2D eigenvalue weighted by molar-refractivity contribution is 0.0657. The Morgan fingerprint density at radius 1 is 1.04 bits per heavy atom. The van der Waals surface area contributed by atoms with Gasteiger partial charge in [0.2, 0.25) is 0 Å². The van der Waals surface area contributed by atoms with Crippen LogP contribution in [0, 0.1) is 0 Å². The minimum atomic E-state index is 0.234. The summed E-state index contributed by atoms with van der Waals surface area (Å²) in [6.45, 7) is 6.22. The van der Waals surface area contributed by atoms with Crippen molar-refractivity contribution in [2.24, 2.45) is 4.99 Å². The van der Waals surface area contributed by atoms with E-state index in [2.05, 4.69) is 46.0 Å². The lowest BCUT2D eigenvalue weighted by Gasteiger charge is -2.14. The fraction of sp³-hybridized carbons (Fsp3) is 0.409. The van der Waals surface area contributed by atoms with Gasteiger partial charge in [0.05, 0.1) is 19.8 Å². The van der Waals surface area contributed by atoms with Crippen molar-refractivity contribution in [1.82, 2.24) is 10.6 Å². The van der Waals surface area contributed by atoms with Gasteiger partial charge in [0.1, 0.15) is 5.75 Å². The molecule has 0 fully saturated rings. The first-order chi connectivity index (χ1) is 13.1. The van der Waals surface area contributed by atoms with Crippen LogP contribution in [0.1, 0.15) is 30.5 Å². The van der Waals surface area contributed by atoms with Gasteiger partial charge in [0, 0.05) is 20.1 Å². The standard InChI is InChI=1S/C22H31N3O2/c1-17(2)27-16-19-9-7-8-18(14-19)15-25-22(23-3)24-13-12-20-10-5-6-11-21(20)26-4/h5-11,14,17H,12-13,15-16H2,1-4H3,(H2,23,24,25). The molecule has 0 aromatic heterocycles. The van der Waals surface area contributed by atoms with E-state index in [9.17, 15) is 0 Å². The third kappa shape index (κ3) is 7.31. The molecule has 0 heterocycles. The van der Waals surface area contributed by atoms with Gasteiger partial charge in [0.15, 0.2) is 5.96 Å². The van der Waals surface area contributed by atoms with E-state index in [0.29, 0.717) is 13.2 Å². The van der Waals surface area contributed by atoms with Crippen LogP contribution >= 0.6 is 0 Å². The minimum Gasteiger partial charge on any atom is -0.496 e. The number of para-hydroxylation sites is 1. The predicted octanol–water partition coefficient (Wildman–Crippen LogP) is 3.53. The summed E-state index contributed by atoms with van der Waals surface area (Å²) in [6.07, 6.45) is 1.10. The predicted molar refractivity (Wildman–Crippen MR) is 111 cm³/mol. The van der Waals surface area contributed by atoms with Crippen molar-refractivity contribution < 1.29 is 9.47 Å². The molecule has 2 aromatic carbocycles. The van der Waals surface area contributed by atoms with Crippen molar-refractivity contribution >= 4 is 5.96 Å². The van der Waals surface area contributed by atoms with Crippen molar-refractivity contribution in [3.05, 3.63) is 65.2 Å². The van der Waals surface area contributed by atoms with Gasteiger partial charge >= 0.3 is 0 Å². The van der Waals surface area contributed by atoms with Crippen LogP contribution in [0.3, 0.4) is 0 Å². The minimum absolute atomic E-state index is 0.234. The van der Waals surface area contributed by atoms with Gasteiger partial charge in [-0.15, -0.1) is 0 Å². The van der Waals surface area contributed by atoms with Crippen LogP contribution in [-0.4, -0.2) is 32.8 Å². The molecule has 2 N–H and O–H groups in total. The van der Waals surface area contributed by atoms with Crippen molar-refractivity contribution in [2.75, 3.05) is 20.7 Å². The van der Waals surface area contributed by atoms with Gasteiger partial charge in [0.25, 0.3) is 0 Å². The van der Waals surface area contributed by atoms with Crippen molar-refractivity contribution in [1.29, 1.82) is 0 Å². The molecule has 2 aromatic rings. The molecule has 0 atom stereocenters. The summed E-state index contributed by atoms with van der Waals surface area (Å²) in [5, 5.41) is 6.71. The number of hydrogen-bond donors (Lipinski definition) is 2. The Morgan fingerprint density at radius 2 is 1.81 bits per heavy atom. The number of aliphatic imine (C=N–C) groups is 1.